The van der Waals surface area contributed by atoms with Crippen molar-refractivity contribution in [1.29, 1.82) is 0 Å². The number of hydrogen-bond donors (Lipinski definition) is 4. The SMILES string of the molecule is O=C(Nc1ccc(C(=O)Nc2ccc(Cl)cn2)c(C2=CC=CNC=C2)c1C1=CC=CNC=C1)c1cccnc1. The van der Waals surface area contributed by atoms with Crippen LogP contribution in [-0.4, -0.2) is 21.8 Å². The van der Waals surface area contributed by atoms with Crippen LogP contribution < -0.4 is 21.3 Å². The van der Waals surface area contributed by atoms with Crippen molar-refractivity contribution in [2.75, 3.05) is 10.6 Å². The summed E-state index contributed by atoms with van der Waals surface area (Å²) in [5.41, 5.74) is 4.16. The summed E-state index contributed by atoms with van der Waals surface area (Å²) >= 11 is 5.97. The molecule has 9 heteroatoms. The van der Waals surface area contributed by atoms with Crippen LogP contribution in [0.3, 0.4) is 0 Å². The van der Waals surface area contributed by atoms with Gasteiger partial charge in [0, 0.05) is 65.8 Å². The highest BCUT2D eigenvalue weighted by Gasteiger charge is 2.24. The van der Waals surface area contributed by atoms with Gasteiger partial charge in [-0.2, -0.15) is 0 Å². The van der Waals surface area contributed by atoms with Crippen molar-refractivity contribution in [2.45, 2.75) is 0 Å². The first-order chi connectivity index (χ1) is 19.1. The molecule has 1 aromatic carbocycles. The Morgan fingerprint density at radius 2 is 1.51 bits per heavy atom. The van der Waals surface area contributed by atoms with Gasteiger partial charge in [-0.3, -0.25) is 14.6 Å². The molecule has 0 radical (unpaired) electrons. The van der Waals surface area contributed by atoms with Gasteiger partial charge in [0.05, 0.1) is 10.6 Å². The minimum atomic E-state index is -0.367. The first-order valence-corrected chi connectivity index (χ1v) is 12.4. The van der Waals surface area contributed by atoms with Crippen LogP contribution in [0.1, 0.15) is 31.8 Å². The fraction of sp³-hybridized carbons (Fsp3) is 0. The van der Waals surface area contributed by atoms with E-state index >= 15 is 0 Å². The summed E-state index contributed by atoms with van der Waals surface area (Å²) in [4.78, 5) is 35.1. The lowest BCUT2D eigenvalue weighted by Crippen LogP contribution is -2.18. The van der Waals surface area contributed by atoms with Crippen LogP contribution in [0.2, 0.25) is 5.02 Å². The molecule has 192 valence electrons. The largest absolute Gasteiger partial charge is 0.368 e. The minimum absolute atomic E-state index is 0.323. The summed E-state index contributed by atoms with van der Waals surface area (Å²) in [5, 5.41) is 12.5. The molecular formula is C30H23ClN6O2. The second-order valence-corrected chi connectivity index (χ2v) is 8.82. The number of hydrogen-bond acceptors (Lipinski definition) is 6. The van der Waals surface area contributed by atoms with Gasteiger partial charge in [0.1, 0.15) is 5.82 Å². The molecule has 2 aliphatic rings. The number of benzene rings is 1. The van der Waals surface area contributed by atoms with Crippen LogP contribution in [0.15, 0.2) is 116 Å². The molecule has 0 fully saturated rings. The quantitative estimate of drug-likeness (QED) is 0.325. The summed E-state index contributed by atoms with van der Waals surface area (Å²) in [6.45, 7) is 0. The molecular weight excluding hydrogens is 512 g/mol. The molecule has 2 aliphatic heterocycles. The second kappa shape index (κ2) is 11.9. The molecule has 3 aromatic rings. The Morgan fingerprint density at radius 1 is 0.769 bits per heavy atom. The summed E-state index contributed by atoms with van der Waals surface area (Å²) < 4.78 is 0. The molecule has 2 aromatic heterocycles. The Bertz CT molecular complexity index is 1590. The third-order valence-electron chi connectivity index (χ3n) is 5.82. The monoisotopic (exact) mass is 534 g/mol. The van der Waals surface area contributed by atoms with Gasteiger partial charge in [-0.1, -0.05) is 23.8 Å². The zero-order valence-electron chi connectivity index (χ0n) is 20.6. The lowest BCUT2D eigenvalue weighted by atomic mass is 9.87. The van der Waals surface area contributed by atoms with Crippen molar-refractivity contribution in [3.8, 4) is 0 Å². The maximum atomic E-state index is 13.7. The number of pyridine rings is 2. The van der Waals surface area contributed by atoms with Gasteiger partial charge in [0.25, 0.3) is 11.8 Å². The Labute approximate surface area is 230 Å². The van der Waals surface area contributed by atoms with E-state index in [1.807, 2.05) is 36.5 Å². The van der Waals surface area contributed by atoms with E-state index in [1.165, 1.54) is 12.4 Å². The van der Waals surface area contributed by atoms with E-state index in [9.17, 15) is 9.59 Å². The number of carbonyl (C=O) groups is 2. The predicted molar refractivity (Wildman–Crippen MR) is 155 cm³/mol. The number of halogens is 1. The molecule has 0 saturated heterocycles. The summed E-state index contributed by atoms with van der Waals surface area (Å²) in [6, 6.07) is 10.1. The molecule has 4 N–H and O–H groups in total. The second-order valence-electron chi connectivity index (χ2n) is 8.38. The van der Waals surface area contributed by atoms with Gasteiger partial charge in [-0.05, 0) is 71.8 Å². The molecule has 2 amide bonds. The number of carbonyl (C=O) groups excluding carboxylic acids is 2. The minimum Gasteiger partial charge on any atom is -0.368 e. The molecule has 0 saturated carbocycles. The number of nitrogens with one attached hydrogen (secondary N) is 4. The number of amides is 2. The molecule has 0 atom stereocenters. The number of nitrogens with zero attached hydrogens (tertiary/aromatic N) is 2. The fourth-order valence-electron chi connectivity index (χ4n) is 4.07. The summed E-state index contributed by atoms with van der Waals surface area (Å²) in [5.74, 6) is -0.330. The van der Waals surface area contributed by atoms with E-state index in [0.29, 0.717) is 38.8 Å². The Balaban J connectivity index is 1.69. The van der Waals surface area contributed by atoms with Crippen molar-refractivity contribution in [2.24, 2.45) is 0 Å². The maximum Gasteiger partial charge on any atom is 0.257 e. The van der Waals surface area contributed by atoms with Crippen LogP contribution in [0, 0.1) is 0 Å². The molecule has 0 aliphatic carbocycles. The van der Waals surface area contributed by atoms with Crippen molar-refractivity contribution in [3.05, 3.63) is 144 Å². The van der Waals surface area contributed by atoms with Crippen molar-refractivity contribution >= 4 is 46.1 Å². The number of rotatable bonds is 6. The van der Waals surface area contributed by atoms with Crippen molar-refractivity contribution in [1.82, 2.24) is 20.6 Å². The van der Waals surface area contributed by atoms with Crippen LogP contribution in [0.5, 0.6) is 0 Å². The Kier molecular flexibility index (Phi) is 7.76. The van der Waals surface area contributed by atoms with Crippen molar-refractivity contribution < 1.29 is 9.59 Å². The number of allylic oxidation sites excluding steroid dienone is 8. The van der Waals surface area contributed by atoms with Crippen LogP contribution in [-0.2, 0) is 0 Å². The van der Waals surface area contributed by atoms with E-state index in [0.717, 1.165) is 11.1 Å². The van der Waals surface area contributed by atoms with Crippen LogP contribution in [0.4, 0.5) is 11.5 Å². The average Bonchev–Trinajstić information content (AvgIpc) is 3.40. The van der Waals surface area contributed by atoms with Gasteiger partial charge >= 0.3 is 0 Å². The summed E-state index contributed by atoms with van der Waals surface area (Å²) in [7, 11) is 0. The highest BCUT2D eigenvalue weighted by atomic mass is 35.5. The number of anilines is 2. The lowest BCUT2D eigenvalue weighted by molar-refractivity contribution is 0.101. The highest BCUT2D eigenvalue weighted by molar-refractivity contribution is 6.30. The standard InChI is InChI=1S/C30H23ClN6O2/c31-23-7-10-26(35-19-23)37-30(39)24-8-9-25(36-29(38)22-6-3-15-34-18-22)28(21-5-2-14-33-17-12-21)27(24)20-4-1-13-32-16-11-20/h1-19,32-33H,(H,36,38)(H,35,37,39). The summed E-state index contributed by atoms with van der Waals surface area (Å²) in [6.07, 6.45) is 23.0. The molecule has 0 unspecified atom stereocenters. The van der Waals surface area contributed by atoms with Gasteiger partial charge in [0.15, 0.2) is 0 Å². The third kappa shape index (κ3) is 6.03. The Morgan fingerprint density at radius 3 is 2.18 bits per heavy atom. The molecule has 0 spiro atoms. The molecule has 8 nitrogen and oxygen atoms in total. The van der Waals surface area contributed by atoms with Crippen LogP contribution in [0.25, 0.3) is 11.1 Å². The smallest absolute Gasteiger partial charge is 0.257 e. The maximum absolute atomic E-state index is 13.7. The van der Waals surface area contributed by atoms with Gasteiger partial charge in [-0.25, -0.2) is 4.98 Å². The Hall–Kier alpha value is -5.21. The van der Waals surface area contributed by atoms with Crippen molar-refractivity contribution in [3.63, 3.8) is 0 Å². The topological polar surface area (TPSA) is 108 Å². The fourth-order valence-corrected chi connectivity index (χ4v) is 4.18. The van der Waals surface area contributed by atoms with Gasteiger partial charge in [-0.15, -0.1) is 0 Å². The zero-order chi connectivity index (χ0) is 27.0. The van der Waals surface area contributed by atoms with Crippen LogP contribution >= 0.6 is 11.6 Å². The molecule has 5 rings (SSSR count). The van der Waals surface area contributed by atoms with Gasteiger partial charge < -0.3 is 21.3 Å². The van der Waals surface area contributed by atoms with E-state index in [1.54, 1.807) is 67.4 Å². The first kappa shape index (κ1) is 25.4. The lowest BCUT2D eigenvalue weighted by Gasteiger charge is -2.21. The zero-order valence-corrected chi connectivity index (χ0v) is 21.3. The highest BCUT2D eigenvalue weighted by Crippen LogP contribution is 2.37. The molecule has 4 heterocycles. The average molecular weight is 535 g/mol. The first-order valence-electron chi connectivity index (χ1n) is 12.0. The van der Waals surface area contributed by atoms with E-state index in [4.69, 9.17) is 11.6 Å². The van der Waals surface area contributed by atoms with E-state index in [-0.39, 0.29) is 11.8 Å². The normalized spacial score (nSPS) is 13.8. The number of aromatic nitrogens is 2. The third-order valence-corrected chi connectivity index (χ3v) is 6.05. The van der Waals surface area contributed by atoms with Gasteiger partial charge in [0.2, 0.25) is 0 Å². The van der Waals surface area contributed by atoms with E-state index in [2.05, 4.69) is 31.2 Å². The van der Waals surface area contributed by atoms with E-state index < -0.39 is 0 Å². The molecule has 0 bridgehead atoms. The molecule has 39 heavy (non-hydrogen) atoms. The predicted octanol–water partition coefficient (Wildman–Crippen LogP) is 5.66.